The lowest BCUT2D eigenvalue weighted by Crippen LogP contribution is -2.31. The number of rotatable bonds is 2. The monoisotopic (exact) mass is 232 g/mol. The Morgan fingerprint density at radius 2 is 1.71 bits per heavy atom. The summed E-state index contributed by atoms with van der Waals surface area (Å²) in [5.41, 5.74) is 1.14. The van der Waals surface area contributed by atoms with Gasteiger partial charge in [0.05, 0.1) is 0 Å². The molecule has 0 aliphatic rings. The topological polar surface area (TPSA) is 40.5 Å². The molecule has 0 radical (unpaired) electrons. The first kappa shape index (κ1) is 11.9. The van der Waals surface area contributed by atoms with Crippen molar-refractivity contribution in [1.29, 1.82) is 0 Å². The van der Waals surface area contributed by atoms with Crippen LogP contribution in [0.4, 0.5) is 0 Å². The number of hydrogen-bond donors (Lipinski definition) is 2. The Balaban J connectivity index is 3.24. The predicted octanol–water partition coefficient (Wildman–Crippen LogP) is 1.80. The molecule has 14 heavy (non-hydrogen) atoms. The van der Waals surface area contributed by atoms with Crippen molar-refractivity contribution in [2.24, 2.45) is 0 Å². The molecule has 1 rings (SSSR count). The fourth-order valence-electron chi connectivity index (χ4n) is 1.22. The molecule has 5 heteroatoms. The van der Waals surface area contributed by atoms with E-state index < -0.39 is 7.12 Å². The third kappa shape index (κ3) is 2.42. The Morgan fingerprint density at radius 1 is 1.14 bits per heavy atom. The number of benzene rings is 1. The van der Waals surface area contributed by atoms with E-state index in [4.69, 9.17) is 33.2 Å². The van der Waals surface area contributed by atoms with Crippen molar-refractivity contribution in [3.8, 4) is 0 Å². The smallest absolute Gasteiger partial charge is 0.423 e. The minimum atomic E-state index is -1.58. The number of hydrogen-bond acceptors (Lipinski definition) is 2. The van der Waals surface area contributed by atoms with Crippen molar-refractivity contribution in [3.63, 3.8) is 0 Å². The van der Waals surface area contributed by atoms with Gasteiger partial charge in [0.25, 0.3) is 0 Å². The lowest BCUT2D eigenvalue weighted by Gasteiger charge is -2.11. The molecule has 76 valence electrons. The van der Waals surface area contributed by atoms with Gasteiger partial charge in [-0.2, -0.15) is 0 Å². The minimum absolute atomic E-state index is 0.237. The molecule has 0 amide bonds. The van der Waals surface area contributed by atoms with Crippen LogP contribution in [0.3, 0.4) is 0 Å². The normalized spacial score (nSPS) is 10.8. The highest BCUT2D eigenvalue weighted by Crippen LogP contribution is 2.26. The first-order chi connectivity index (χ1) is 6.43. The van der Waals surface area contributed by atoms with Gasteiger partial charge in [-0.3, -0.25) is 0 Å². The van der Waals surface area contributed by atoms with Crippen LogP contribution in [0.2, 0.25) is 10.0 Å². The molecule has 2 N–H and O–H groups in total. The molecule has 1 aromatic rings. The molecule has 0 spiro atoms. The molecule has 0 fully saturated rings. The lowest BCUT2D eigenvalue weighted by atomic mass is 9.79. The highest BCUT2D eigenvalue weighted by Gasteiger charge is 2.18. The Kier molecular flexibility index (Phi) is 3.84. The zero-order valence-electron chi connectivity index (χ0n) is 7.96. The van der Waals surface area contributed by atoms with Crippen LogP contribution in [0, 0.1) is 0 Å². The van der Waals surface area contributed by atoms with Gasteiger partial charge in [-0.15, -0.1) is 0 Å². The van der Waals surface area contributed by atoms with Gasteiger partial charge in [-0.25, -0.2) is 0 Å². The molecule has 0 saturated heterocycles. The molecule has 1 aromatic carbocycles. The SMILES string of the molecule is CC(C)c1cc(Cl)c(B(O)O)cc1Cl. The molecule has 0 aromatic heterocycles. The standard InChI is InChI=1S/C9H11BCl2O2/c1-5(2)6-3-9(12)7(10(13)14)4-8(6)11/h3-5,13-14H,1-2H3. The quantitative estimate of drug-likeness (QED) is 0.764. The summed E-state index contributed by atoms with van der Waals surface area (Å²) in [7, 11) is -1.58. The molecular formula is C9H11BCl2O2. The van der Waals surface area contributed by atoms with Gasteiger partial charge in [0.15, 0.2) is 0 Å². The van der Waals surface area contributed by atoms with Crippen LogP contribution in [-0.2, 0) is 0 Å². The fourth-order valence-corrected chi connectivity index (χ4v) is 1.88. The van der Waals surface area contributed by atoms with Crippen molar-refractivity contribution >= 4 is 35.8 Å². The first-order valence-electron chi connectivity index (χ1n) is 4.28. The summed E-state index contributed by atoms with van der Waals surface area (Å²) in [6.07, 6.45) is 0. The fraction of sp³-hybridized carbons (Fsp3) is 0.333. The van der Waals surface area contributed by atoms with Gasteiger partial charge in [0.2, 0.25) is 0 Å². The van der Waals surface area contributed by atoms with E-state index in [0.29, 0.717) is 10.0 Å². The van der Waals surface area contributed by atoms with Gasteiger partial charge in [0.1, 0.15) is 0 Å². The van der Waals surface area contributed by atoms with Crippen LogP contribution in [0.15, 0.2) is 12.1 Å². The predicted molar refractivity (Wildman–Crippen MR) is 60.4 cm³/mol. The first-order valence-corrected chi connectivity index (χ1v) is 5.04. The zero-order chi connectivity index (χ0) is 10.9. The molecule has 0 bridgehead atoms. The minimum Gasteiger partial charge on any atom is -0.423 e. The maximum absolute atomic E-state index is 8.97. The highest BCUT2D eigenvalue weighted by molar-refractivity contribution is 6.63. The Labute approximate surface area is 93.6 Å². The summed E-state index contributed by atoms with van der Waals surface area (Å²) in [6.45, 7) is 3.99. The zero-order valence-corrected chi connectivity index (χ0v) is 9.47. The van der Waals surface area contributed by atoms with Crippen LogP contribution in [0.25, 0.3) is 0 Å². The van der Waals surface area contributed by atoms with E-state index in [1.165, 1.54) is 6.07 Å². The van der Waals surface area contributed by atoms with Gasteiger partial charge < -0.3 is 10.0 Å². The summed E-state index contributed by atoms with van der Waals surface area (Å²) in [5.74, 6) is 0.255. The van der Waals surface area contributed by atoms with Crippen molar-refractivity contribution in [3.05, 3.63) is 27.7 Å². The van der Waals surface area contributed by atoms with Gasteiger partial charge in [0, 0.05) is 15.5 Å². The molecule has 0 heterocycles. The second-order valence-electron chi connectivity index (χ2n) is 3.42. The van der Waals surface area contributed by atoms with Crippen molar-refractivity contribution in [1.82, 2.24) is 0 Å². The maximum Gasteiger partial charge on any atom is 0.490 e. The summed E-state index contributed by atoms with van der Waals surface area (Å²) < 4.78 is 0. The van der Waals surface area contributed by atoms with Crippen molar-refractivity contribution in [2.75, 3.05) is 0 Å². The maximum atomic E-state index is 8.97. The highest BCUT2D eigenvalue weighted by atomic mass is 35.5. The molecule has 0 unspecified atom stereocenters. The Morgan fingerprint density at radius 3 is 2.14 bits per heavy atom. The third-order valence-corrected chi connectivity index (χ3v) is 2.67. The van der Waals surface area contributed by atoms with E-state index in [0.717, 1.165) is 5.56 Å². The lowest BCUT2D eigenvalue weighted by molar-refractivity contribution is 0.426. The van der Waals surface area contributed by atoms with E-state index in [-0.39, 0.29) is 11.4 Å². The summed E-state index contributed by atoms with van der Waals surface area (Å²) >= 11 is 11.8. The van der Waals surface area contributed by atoms with Gasteiger partial charge >= 0.3 is 7.12 Å². The Hall–Kier alpha value is -0.215. The van der Waals surface area contributed by atoms with Crippen LogP contribution in [-0.4, -0.2) is 17.2 Å². The molecule has 0 saturated carbocycles. The number of halogens is 2. The molecule has 0 aliphatic carbocycles. The van der Waals surface area contributed by atoms with Gasteiger partial charge in [-0.05, 0) is 23.6 Å². The van der Waals surface area contributed by atoms with Crippen molar-refractivity contribution in [2.45, 2.75) is 19.8 Å². The molecular weight excluding hydrogens is 222 g/mol. The Bertz CT molecular complexity index is 306. The van der Waals surface area contributed by atoms with E-state index in [1.54, 1.807) is 6.07 Å². The van der Waals surface area contributed by atoms with E-state index in [2.05, 4.69) is 0 Å². The van der Waals surface area contributed by atoms with Gasteiger partial charge in [-0.1, -0.05) is 37.0 Å². The summed E-state index contributed by atoms with van der Waals surface area (Å²) in [6, 6.07) is 3.16. The second-order valence-corrected chi connectivity index (χ2v) is 4.24. The van der Waals surface area contributed by atoms with E-state index >= 15 is 0 Å². The van der Waals surface area contributed by atoms with Crippen LogP contribution >= 0.6 is 23.2 Å². The summed E-state index contributed by atoms with van der Waals surface area (Å²) in [4.78, 5) is 0. The molecule has 2 nitrogen and oxygen atoms in total. The average molecular weight is 233 g/mol. The van der Waals surface area contributed by atoms with Crippen LogP contribution in [0.5, 0.6) is 0 Å². The largest absolute Gasteiger partial charge is 0.490 e. The molecule has 0 aliphatic heterocycles. The molecule has 0 atom stereocenters. The van der Waals surface area contributed by atoms with Crippen LogP contribution in [0.1, 0.15) is 25.3 Å². The third-order valence-electron chi connectivity index (χ3n) is 2.02. The van der Waals surface area contributed by atoms with E-state index in [1.807, 2.05) is 13.8 Å². The van der Waals surface area contributed by atoms with Crippen molar-refractivity contribution < 1.29 is 10.0 Å². The van der Waals surface area contributed by atoms with Crippen LogP contribution < -0.4 is 5.46 Å². The van der Waals surface area contributed by atoms with E-state index in [9.17, 15) is 0 Å². The second kappa shape index (κ2) is 4.54. The average Bonchev–Trinajstić information content (AvgIpc) is 2.07. The summed E-state index contributed by atoms with van der Waals surface area (Å²) in [5, 5.41) is 18.8.